The number of hydrogen-bond acceptors (Lipinski definition) is 3. The standard InChI is InChI=1S/C13H25F2N5O.HI/c1-4-17-12(18-9-10(14)15)19-5-7-20(8-6-19)13(2,3)11(16)21;/h10H,4-9H2,1-3H3,(H2,16,21)(H,17,18);1H. The van der Waals surface area contributed by atoms with Gasteiger partial charge in [-0.25, -0.2) is 13.8 Å². The lowest BCUT2D eigenvalue weighted by molar-refractivity contribution is -0.129. The monoisotopic (exact) mass is 433 g/mol. The van der Waals surface area contributed by atoms with Crippen molar-refractivity contribution < 1.29 is 13.6 Å². The maximum absolute atomic E-state index is 12.3. The van der Waals surface area contributed by atoms with E-state index in [0.29, 0.717) is 38.7 Å². The molecule has 3 N–H and O–H groups in total. The van der Waals surface area contributed by atoms with Gasteiger partial charge in [-0.2, -0.15) is 0 Å². The molecule has 1 rings (SSSR count). The fourth-order valence-electron chi connectivity index (χ4n) is 2.21. The number of nitrogens with one attached hydrogen (secondary N) is 1. The summed E-state index contributed by atoms with van der Waals surface area (Å²) < 4.78 is 24.6. The molecule has 0 aromatic carbocycles. The predicted molar refractivity (Wildman–Crippen MR) is 93.8 cm³/mol. The molecule has 0 aromatic rings. The van der Waals surface area contributed by atoms with Crippen molar-refractivity contribution in [3.8, 4) is 0 Å². The van der Waals surface area contributed by atoms with Crippen LogP contribution in [0.3, 0.4) is 0 Å². The quantitative estimate of drug-likeness (QED) is 0.381. The Morgan fingerprint density at radius 2 is 1.86 bits per heavy atom. The van der Waals surface area contributed by atoms with E-state index in [1.54, 1.807) is 13.8 Å². The van der Waals surface area contributed by atoms with Gasteiger partial charge in [0, 0.05) is 32.7 Å². The van der Waals surface area contributed by atoms with E-state index < -0.39 is 18.5 Å². The second-order valence-electron chi connectivity index (χ2n) is 5.48. The summed E-state index contributed by atoms with van der Waals surface area (Å²) in [7, 11) is 0. The highest BCUT2D eigenvalue weighted by Gasteiger charge is 2.35. The lowest BCUT2D eigenvalue weighted by Crippen LogP contribution is -2.61. The topological polar surface area (TPSA) is 74.0 Å². The van der Waals surface area contributed by atoms with Crippen molar-refractivity contribution in [1.29, 1.82) is 0 Å². The summed E-state index contributed by atoms with van der Waals surface area (Å²) in [5.74, 6) is 0.128. The normalized spacial score (nSPS) is 17.4. The van der Waals surface area contributed by atoms with Crippen LogP contribution in [0.15, 0.2) is 4.99 Å². The van der Waals surface area contributed by atoms with Crippen molar-refractivity contribution in [1.82, 2.24) is 15.1 Å². The number of guanidine groups is 1. The van der Waals surface area contributed by atoms with Gasteiger partial charge in [0.25, 0.3) is 6.43 Å². The van der Waals surface area contributed by atoms with E-state index in [9.17, 15) is 13.6 Å². The molecule has 1 heterocycles. The number of rotatable bonds is 5. The molecule has 22 heavy (non-hydrogen) atoms. The van der Waals surface area contributed by atoms with Crippen molar-refractivity contribution in [3.05, 3.63) is 0 Å². The van der Waals surface area contributed by atoms with Crippen LogP contribution >= 0.6 is 24.0 Å². The van der Waals surface area contributed by atoms with Crippen LogP contribution in [0.4, 0.5) is 8.78 Å². The Kier molecular flexibility index (Phi) is 9.13. The first kappa shape index (κ1) is 21.3. The van der Waals surface area contributed by atoms with Crippen molar-refractivity contribution in [2.24, 2.45) is 10.7 Å². The first-order valence-corrected chi connectivity index (χ1v) is 7.15. The predicted octanol–water partition coefficient (Wildman–Crippen LogP) is 0.716. The molecule has 1 aliphatic heterocycles. The van der Waals surface area contributed by atoms with Gasteiger partial charge in [-0.1, -0.05) is 0 Å². The van der Waals surface area contributed by atoms with Gasteiger partial charge in [0.05, 0.1) is 5.54 Å². The molecule has 0 saturated carbocycles. The largest absolute Gasteiger partial charge is 0.368 e. The van der Waals surface area contributed by atoms with Gasteiger partial charge in [-0.05, 0) is 20.8 Å². The maximum Gasteiger partial charge on any atom is 0.257 e. The van der Waals surface area contributed by atoms with Gasteiger partial charge in [0.2, 0.25) is 5.91 Å². The van der Waals surface area contributed by atoms with Crippen LogP contribution in [-0.2, 0) is 4.79 Å². The molecule has 6 nitrogen and oxygen atoms in total. The lowest BCUT2D eigenvalue weighted by Gasteiger charge is -2.43. The molecule has 1 aliphatic rings. The van der Waals surface area contributed by atoms with Crippen LogP contribution in [-0.4, -0.2) is 72.9 Å². The van der Waals surface area contributed by atoms with Gasteiger partial charge in [-0.15, -0.1) is 24.0 Å². The molecule has 9 heteroatoms. The minimum Gasteiger partial charge on any atom is -0.368 e. The summed E-state index contributed by atoms with van der Waals surface area (Å²) >= 11 is 0. The maximum atomic E-state index is 12.3. The Bertz CT molecular complexity index is 385. The van der Waals surface area contributed by atoms with Gasteiger partial charge >= 0.3 is 0 Å². The van der Waals surface area contributed by atoms with Gasteiger partial charge in [0.1, 0.15) is 6.54 Å². The Hall–Kier alpha value is -0.710. The molecule has 0 bridgehead atoms. The fraction of sp³-hybridized carbons (Fsp3) is 0.846. The van der Waals surface area contributed by atoms with Crippen LogP contribution < -0.4 is 11.1 Å². The Morgan fingerprint density at radius 3 is 2.27 bits per heavy atom. The third kappa shape index (κ3) is 5.82. The minimum atomic E-state index is -2.45. The number of amides is 1. The molecule has 130 valence electrons. The molecular formula is C13H26F2IN5O. The zero-order valence-corrected chi connectivity index (χ0v) is 15.6. The number of nitrogens with two attached hydrogens (primary N) is 1. The number of nitrogens with zero attached hydrogens (tertiary/aromatic N) is 3. The van der Waals surface area contributed by atoms with E-state index >= 15 is 0 Å². The molecule has 1 fully saturated rings. The second kappa shape index (κ2) is 9.43. The number of hydrogen-bond donors (Lipinski definition) is 2. The van der Waals surface area contributed by atoms with Crippen LogP contribution in [0.1, 0.15) is 20.8 Å². The minimum absolute atomic E-state index is 0. The van der Waals surface area contributed by atoms with Crippen molar-refractivity contribution in [3.63, 3.8) is 0 Å². The number of piperazine rings is 1. The highest BCUT2D eigenvalue weighted by atomic mass is 127. The van der Waals surface area contributed by atoms with Crippen LogP contribution in [0, 0.1) is 0 Å². The highest BCUT2D eigenvalue weighted by Crippen LogP contribution is 2.16. The van der Waals surface area contributed by atoms with E-state index in [4.69, 9.17) is 5.73 Å². The number of alkyl halides is 2. The molecule has 0 spiro atoms. The summed E-state index contributed by atoms with van der Waals surface area (Å²) in [5, 5.41) is 3.02. The van der Waals surface area contributed by atoms with E-state index in [1.807, 2.05) is 16.7 Å². The average Bonchev–Trinajstić information content (AvgIpc) is 2.43. The van der Waals surface area contributed by atoms with E-state index in [0.717, 1.165) is 0 Å². The first-order valence-electron chi connectivity index (χ1n) is 7.15. The van der Waals surface area contributed by atoms with Crippen molar-refractivity contribution >= 4 is 35.8 Å². The SMILES string of the molecule is CCNC(=NCC(F)F)N1CCN(C(C)(C)C(N)=O)CC1.I. The smallest absolute Gasteiger partial charge is 0.257 e. The third-order valence-electron chi connectivity index (χ3n) is 3.69. The molecule has 0 atom stereocenters. The molecule has 1 saturated heterocycles. The molecular weight excluding hydrogens is 407 g/mol. The number of aliphatic imine (C=N–C) groups is 1. The summed E-state index contributed by atoms with van der Waals surface area (Å²) in [4.78, 5) is 19.3. The number of carbonyl (C=O) groups excluding carboxylic acids is 1. The van der Waals surface area contributed by atoms with Crippen molar-refractivity contribution in [2.45, 2.75) is 32.7 Å². The average molecular weight is 433 g/mol. The third-order valence-corrected chi connectivity index (χ3v) is 3.69. The molecule has 0 radical (unpaired) electrons. The molecule has 0 aliphatic carbocycles. The van der Waals surface area contributed by atoms with E-state index in [1.165, 1.54) is 0 Å². The number of carbonyl (C=O) groups is 1. The van der Waals surface area contributed by atoms with Gasteiger partial charge in [-0.3, -0.25) is 9.69 Å². The highest BCUT2D eigenvalue weighted by molar-refractivity contribution is 14.0. The summed E-state index contributed by atoms with van der Waals surface area (Å²) in [6, 6.07) is 0. The number of primary amides is 1. The molecule has 0 aromatic heterocycles. The van der Waals surface area contributed by atoms with Crippen LogP contribution in [0.5, 0.6) is 0 Å². The zero-order chi connectivity index (χ0) is 16.0. The zero-order valence-electron chi connectivity index (χ0n) is 13.3. The van der Waals surface area contributed by atoms with Gasteiger partial charge < -0.3 is 16.0 Å². The first-order chi connectivity index (χ1) is 9.78. The summed E-state index contributed by atoms with van der Waals surface area (Å²) in [6.07, 6.45) is -2.45. The summed E-state index contributed by atoms with van der Waals surface area (Å²) in [5.41, 5.74) is 4.71. The van der Waals surface area contributed by atoms with E-state index in [-0.39, 0.29) is 29.9 Å². The van der Waals surface area contributed by atoms with Crippen molar-refractivity contribution in [2.75, 3.05) is 39.3 Å². The Balaban J connectivity index is 0.00000441. The fourth-order valence-corrected chi connectivity index (χ4v) is 2.21. The summed E-state index contributed by atoms with van der Waals surface area (Å²) in [6.45, 7) is 8.10. The molecule has 1 amide bonds. The lowest BCUT2D eigenvalue weighted by atomic mass is 10.0. The van der Waals surface area contributed by atoms with Crippen LogP contribution in [0.2, 0.25) is 0 Å². The van der Waals surface area contributed by atoms with Crippen LogP contribution in [0.25, 0.3) is 0 Å². The Morgan fingerprint density at radius 1 is 1.32 bits per heavy atom. The Labute approximate surface area is 147 Å². The number of halogens is 3. The van der Waals surface area contributed by atoms with Gasteiger partial charge in [0.15, 0.2) is 5.96 Å². The second-order valence-corrected chi connectivity index (χ2v) is 5.48. The molecule has 0 unspecified atom stereocenters. The van der Waals surface area contributed by atoms with E-state index in [2.05, 4.69) is 10.3 Å².